The van der Waals surface area contributed by atoms with Gasteiger partial charge < -0.3 is 0 Å². The molecular weight excluding hydrogens is 302 g/mol. The molecule has 3 nitrogen and oxygen atoms in total. The molecule has 92 valence electrons. The van der Waals surface area contributed by atoms with Gasteiger partial charge in [0.1, 0.15) is 0 Å². The maximum Gasteiger partial charge on any atom is 0.178 e. The first-order valence-electron chi connectivity index (χ1n) is 5.16. The SMILES string of the molecule is CC(C)(C#N)CCS(=O)(=O)c1cccc(Br)c1. The predicted molar refractivity (Wildman–Crippen MR) is 70.2 cm³/mol. The zero-order chi connectivity index (χ0) is 13.1. The van der Waals surface area contributed by atoms with Gasteiger partial charge >= 0.3 is 0 Å². The third kappa shape index (κ3) is 4.14. The van der Waals surface area contributed by atoms with Crippen molar-refractivity contribution in [1.82, 2.24) is 0 Å². The summed E-state index contributed by atoms with van der Waals surface area (Å²) in [5.41, 5.74) is -0.612. The van der Waals surface area contributed by atoms with Crippen molar-refractivity contribution in [3.05, 3.63) is 28.7 Å². The lowest BCUT2D eigenvalue weighted by Crippen LogP contribution is -2.16. The minimum absolute atomic E-state index is 0.00991. The predicted octanol–water partition coefficient (Wildman–Crippen LogP) is 3.16. The Bertz CT molecular complexity index is 544. The Hall–Kier alpha value is -0.860. The number of nitriles is 1. The number of halogens is 1. The minimum Gasteiger partial charge on any atom is -0.224 e. The van der Waals surface area contributed by atoms with Crippen LogP contribution in [0.15, 0.2) is 33.6 Å². The fourth-order valence-electron chi connectivity index (χ4n) is 1.22. The molecule has 0 atom stereocenters. The van der Waals surface area contributed by atoms with Gasteiger partial charge in [0.05, 0.1) is 22.1 Å². The van der Waals surface area contributed by atoms with Crippen LogP contribution in [-0.2, 0) is 9.84 Å². The van der Waals surface area contributed by atoms with E-state index < -0.39 is 15.3 Å². The summed E-state index contributed by atoms with van der Waals surface area (Å²) in [6.45, 7) is 3.48. The van der Waals surface area contributed by atoms with Crippen LogP contribution in [0.25, 0.3) is 0 Å². The topological polar surface area (TPSA) is 57.9 Å². The molecule has 17 heavy (non-hydrogen) atoms. The summed E-state index contributed by atoms with van der Waals surface area (Å²) in [5.74, 6) is -0.00991. The number of sulfone groups is 1. The second kappa shape index (κ2) is 5.19. The van der Waals surface area contributed by atoms with E-state index in [1.54, 1.807) is 38.1 Å². The number of rotatable bonds is 4. The third-order valence-corrected chi connectivity index (χ3v) is 4.66. The monoisotopic (exact) mass is 315 g/mol. The van der Waals surface area contributed by atoms with Crippen LogP contribution in [0.3, 0.4) is 0 Å². The fourth-order valence-corrected chi connectivity index (χ4v) is 3.38. The van der Waals surface area contributed by atoms with Crippen molar-refractivity contribution in [2.24, 2.45) is 5.41 Å². The molecule has 1 aromatic carbocycles. The van der Waals surface area contributed by atoms with Gasteiger partial charge in [-0.05, 0) is 38.5 Å². The van der Waals surface area contributed by atoms with Crippen molar-refractivity contribution in [2.45, 2.75) is 25.2 Å². The summed E-state index contributed by atoms with van der Waals surface area (Å²) in [4.78, 5) is 0.292. The van der Waals surface area contributed by atoms with Crippen LogP contribution in [0.2, 0.25) is 0 Å². The molecule has 0 N–H and O–H groups in total. The fraction of sp³-hybridized carbons (Fsp3) is 0.417. The average molecular weight is 316 g/mol. The second-order valence-corrected chi connectivity index (χ2v) is 7.55. The third-order valence-electron chi connectivity index (χ3n) is 2.45. The first-order chi connectivity index (χ1) is 7.77. The van der Waals surface area contributed by atoms with Gasteiger partial charge in [0, 0.05) is 4.47 Å². The molecule has 0 unspecified atom stereocenters. The summed E-state index contributed by atoms with van der Waals surface area (Å²) in [7, 11) is -3.31. The quantitative estimate of drug-likeness (QED) is 0.857. The van der Waals surface area contributed by atoms with Crippen molar-refractivity contribution in [3.63, 3.8) is 0 Å². The van der Waals surface area contributed by atoms with Gasteiger partial charge in [-0.3, -0.25) is 0 Å². The highest BCUT2D eigenvalue weighted by molar-refractivity contribution is 9.10. The van der Waals surface area contributed by atoms with Gasteiger partial charge in [0.2, 0.25) is 0 Å². The highest BCUT2D eigenvalue weighted by Crippen LogP contribution is 2.23. The number of nitrogens with zero attached hydrogens (tertiary/aromatic N) is 1. The van der Waals surface area contributed by atoms with E-state index in [-0.39, 0.29) is 5.75 Å². The molecule has 0 spiro atoms. The first kappa shape index (κ1) is 14.2. The van der Waals surface area contributed by atoms with E-state index in [0.717, 1.165) is 4.47 Å². The molecule has 1 rings (SSSR count). The van der Waals surface area contributed by atoms with Crippen LogP contribution in [0.4, 0.5) is 0 Å². The summed E-state index contributed by atoms with van der Waals surface area (Å²) >= 11 is 3.24. The maximum atomic E-state index is 12.0. The lowest BCUT2D eigenvalue weighted by molar-refractivity contribution is 0.473. The van der Waals surface area contributed by atoms with E-state index in [0.29, 0.717) is 11.3 Å². The molecule has 0 saturated heterocycles. The van der Waals surface area contributed by atoms with Gasteiger partial charge in [0.25, 0.3) is 0 Å². The molecule has 0 aromatic heterocycles. The Morgan fingerprint density at radius 3 is 2.59 bits per heavy atom. The molecule has 1 aromatic rings. The van der Waals surface area contributed by atoms with E-state index in [1.165, 1.54) is 0 Å². The smallest absolute Gasteiger partial charge is 0.178 e. The van der Waals surface area contributed by atoms with E-state index in [2.05, 4.69) is 22.0 Å². The Labute approximate surface area is 111 Å². The minimum atomic E-state index is -3.31. The molecule has 0 bridgehead atoms. The zero-order valence-corrected chi connectivity index (χ0v) is 12.2. The van der Waals surface area contributed by atoms with E-state index in [4.69, 9.17) is 5.26 Å². The van der Waals surface area contributed by atoms with Gasteiger partial charge in [-0.1, -0.05) is 22.0 Å². The Balaban J connectivity index is 2.88. The molecule has 0 saturated carbocycles. The number of benzene rings is 1. The van der Waals surface area contributed by atoms with Gasteiger partial charge in [-0.2, -0.15) is 5.26 Å². The van der Waals surface area contributed by atoms with Crippen LogP contribution < -0.4 is 0 Å². The zero-order valence-electron chi connectivity index (χ0n) is 9.77. The van der Waals surface area contributed by atoms with E-state index >= 15 is 0 Å². The highest BCUT2D eigenvalue weighted by atomic mass is 79.9. The van der Waals surface area contributed by atoms with E-state index in [9.17, 15) is 8.42 Å². The molecule has 0 amide bonds. The van der Waals surface area contributed by atoms with Gasteiger partial charge in [-0.25, -0.2) is 8.42 Å². The van der Waals surface area contributed by atoms with Crippen LogP contribution in [0.1, 0.15) is 20.3 Å². The average Bonchev–Trinajstić information content (AvgIpc) is 2.27. The number of hydrogen-bond acceptors (Lipinski definition) is 3. The molecule has 0 aliphatic carbocycles. The second-order valence-electron chi connectivity index (χ2n) is 4.52. The van der Waals surface area contributed by atoms with Gasteiger partial charge in [0.15, 0.2) is 9.84 Å². The molecule has 0 radical (unpaired) electrons. The first-order valence-corrected chi connectivity index (χ1v) is 7.61. The van der Waals surface area contributed by atoms with Crippen LogP contribution >= 0.6 is 15.9 Å². The lowest BCUT2D eigenvalue weighted by atomic mass is 9.93. The normalized spacial score (nSPS) is 12.1. The molecular formula is C12H14BrNO2S. The van der Waals surface area contributed by atoms with Crippen LogP contribution in [0, 0.1) is 16.7 Å². The van der Waals surface area contributed by atoms with Gasteiger partial charge in [-0.15, -0.1) is 0 Å². The molecule has 5 heteroatoms. The van der Waals surface area contributed by atoms with Crippen LogP contribution in [-0.4, -0.2) is 14.2 Å². The summed E-state index contributed by atoms with van der Waals surface area (Å²) in [5, 5.41) is 8.85. The van der Waals surface area contributed by atoms with Crippen molar-refractivity contribution < 1.29 is 8.42 Å². The van der Waals surface area contributed by atoms with Crippen molar-refractivity contribution in [2.75, 3.05) is 5.75 Å². The van der Waals surface area contributed by atoms with E-state index in [1.807, 2.05) is 0 Å². The summed E-state index contributed by atoms with van der Waals surface area (Å²) in [6, 6.07) is 8.71. The molecule has 0 aliphatic heterocycles. The molecule has 0 fully saturated rings. The molecule has 0 aliphatic rings. The number of hydrogen-bond donors (Lipinski definition) is 0. The standard InChI is InChI=1S/C12H14BrNO2S/c1-12(2,9-14)6-7-17(15,16)11-5-3-4-10(13)8-11/h3-5,8H,6-7H2,1-2H3. The highest BCUT2D eigenvalue weighted by Gasteiger charge is 2.22. The Morgan fingerprint density at radius 2 is 2.06 bits per heavy atom. The summed E-state index contributed by atoms with van der Waals surface area (Å²) < 4.78 is 24.8. The van der Waals surface area contributed by atoms with Crippen LogP contribution in [0.5, 0.6) is 0 Å². The largest absolute Gasteiger partial charge is 0.224 e. The maximum absolute atomic E-state index is 12.0. The summed E-state index contributed by atoms with van der Waals surface area (Å²) in [6.07, 6.45) is 0.332. The van der Waals surface area contributed by atoms with Crippen molar-refractivity contribution in [1.29, 1.82) is 5.26 Å². The van der Waals surface area contributed by atoms with Crippen molar-refractivity contribution in [3.8, 4) is 6.07 Å². The Kier molecular flexibility index (Phi) is 4.34. The Morgan fingerprint density at radius 1 is 1.41 bits per heavy atom. The molecule has 0 heterocycles. The van der Waals surface area contributed by atoms with Crippen molar-refractivity contribution >= 4 is 25.8 Å². The lowest BCUT2D eigenvalue weighted by Gasteiger charge is -2.14.